The van der Waals surface area contributed by atoms with Crippen molar-refractivity contribution in [3.05, 3.63) is 36.7 Å². The molecule has 0 radical (unpaired) electrons. The number of allylic oxidation sites excluding steroid dienone is 1. The second kappa shape index (κ2) is 3.67. The molecular weight excluding hydrogens is 152 g/mol. The Bertz CT molecular complexity index is 307. The third-order valence-corrected chi connectivity index (χ3v) is 1.43. The van der Waals surface area contributed by atoms with E-state index < -0.39 is 0 Å². The fraction of sp³-hybridized carbons (Fsp3) is 0.111. The van der Waals surface area contributed by atoms with Gasteiger partial charge in [0.1, 0.15) is 5.69 Å². The molecule has 62 valence electrons. The normalized spacial score (nSPS) is 9.33. The SMILES string of the molecule is C=CCC(=O)c1ncccc1N. The molecule has 1 rings (SSSR count). The van der Waals surface area contributed by atoms with Crippen molar-refractivity contribution in [1.29, 1.82) is 0 Å². The van der Waals surface area contributed by atoms with E-state index in [-0.39, 0.29) is 12.2 Å². The average molecular weight is 162 g/mol. The minimum atomic E-state index is -0.0944. The van der Waals surface area contributed by atoms with E-state index in [2.05, 4.69) is 11.6 Å². The van der Waals surface area contributed by atoms with Crippen LogP contribution in [0.25, 0.3) is 0 Å². The van der Waals surface area contributed by atoms with Crippen LogP contribution in [0, 0.1) is 0 Å². The summed E-state index contributed by atoms with van der Waals surface area (Å²) >= 11 is 0. The fourth-order valence-corrected chi connectivity index (χ4v) is 0.878. The van der Waals surface area contributed by atoms with Gasteiger partial charge in [0.25, 0.3) is 0 Å². The number of carbonyl (C=O) groups is 1. The van der Waals surface area contributed by atoms with Gasteiger partial charge in [-0.1, -0.05) is 6.08 Å². The molecule has 0 aliphatic heterocycles. The maximum atomic E-state index is 11.3. The average Bonchev–Trinajstić information content (AvgIpc) is 2.05. The van der Waals surface area contributed by atoms with Crippen LogP contribution in [0.2, 0.25) is 0 Å². The maximum Gasteiger partial charge on any atom is 0.187 e. The van der Waals surface area contributed by atoms with Gasteiger partial charge in [-0.05, 0) is 12.1 Å². The lowest BCUT2D eigenvalue weighted by molar-refractivity contribution is 0.0992. The smallest absolute Gasteiger partial charge is 0.187 e. The first kappa shape index (κ1) is 8.46. The fourth-order valence-electron chi connectivity index (χ4n) is 0.878. The number of nitrogen functional groups attached to an aromatic ring is 1. The van der Waals surface area contributed by atoms with Gasteiger partial charge in [-0.15, -0.1) is 6.58 Å². The summed E-state index contributed by atoms with van der Waals surface area (Å²) in [6.45, 7) is 3.47. The molecule has 0 unspecified atom stereocenters. The summed E-state index contributed by atoms with van der Waals surface area (Å²) in [6, 6.07) is 3.35. The number of hydrogen-bond donors (Lipinski definition) is 1. The van der Waals surface area contributed by atoms with E-state index in [0.717, 1.165) is 0 Å². The molecule has 3 heteroatoms. The Kier molecular flexibility index (Phi) is 2.58. The minimum Gasteiger partial charge on any atom is -0.397 e. The molecule has 0 saturated carbocycles. The molecule has 0 fully saturated rings. The number of Topliss-reactive ketones (excluding diaryl/α,β-unsaturated/α-hetero) is 1. The lowest BCUT2D eigenvalue weighted by Gasteiger charge is -1.99. The second-order valence-electron chi connectivity index (χ2n) is 2.36. The van der Waals surface area contributed by atoms with Crippen LogP contribution in [0.3, 0.4) is 0 Å². The molecular formula is C9H10N2O. The number of aromatic nitrogens is 1. The van der Waals surface area contributed by atoms with Crippen LogP contribution >= 0.6 is 0 Å². The highest BCUT2D eigenvalue weighted by Gasteiger charge is 2.07. The lowest BCUT2D eigenvalue weighted by atomic mass is 10.2. The Morgan fingerprint density at radius 2 is 2.50 bits per heavy atom. The highest BCUT2D eigenvalue weighted by Crippen LogP contribution is 2.09. The van der Waals surface area contributed by atoms with Crippen molar-refractivity contribution in [1.82, 2.24) is 4.98 Å². The van der Waals surface area contributed by atoms with Gasteiger partial charge < -0.3 is 5.73 Å². The van der Waals surface area contributed by atoms with Crippen molar-refractivity contribution < 1.29 is 4.79 Å². The third-order valence-electron chi connectivity index (χ3n) is 1.43. The molecule has 0 aromatic carbocycles. The zero-order valence-electron chi connectivity index (χ0n) is 6.66. The first-order chi connectivity index (χ1) is 5.75. The van der Waals surface area contributed by atoms with Gasteiger partial charge in [0.2, 0.25) is 0 Å². The number of carbonyl (C=O) groups excluding carboxylic acids is 1. The molecule has 0 atom stereocenters. The molecule has 3 nitrogen and oxygen atoms in total. The molecule has 0 spiro atoms. The lowest BCUT2D eigenvalue weighted by Crippen LogP contribution is -2.04. The number of rotatable bonds is 3. The van der Waals surface area contributed by atoms with Crippen LogP contribution in [0.1, 0.15) is 16.9 Å². The molecule has 1 aromatic rings. The Morgan fingerprint density at radius 3 is 3.08 bits per heavy atom. The third kappa shape index (κ3) is 1.69. The Hall–Kier alpha value is -1.64. The zero-order chi connectivity index (χ0) is 8.97. The minimum absolute atomic E-state index is 0.0944. The van der Waals surface area contributed by atoms with Gasteiger partial charge >= 0.3 is 0 Å². The van der Waals surface area contributed by atoms with Gasteiger partial charge in [-0.2, -0.15) is 0 Å². The van der Waals surface area contributed by atoms with Crippen molar-refractivity contribution in [2.75, 3.05) is 5.73 Å². The first-order valence-corrected chi connectivity index (χ1v) is 3.60. The van der Waals surface area contributed by atoms with Crippen LogP contribution in [-0.4, -0.2) is 10.8 Å². The Labute approximate surface area is 70.9 Å². The highest BCUT2D eigenvalue weighted by atomic mass is 16.1. The summed E-state index contributed by atoms with van der Waals surface area (Å²) in [5.74, 6) is -0.0944. The topological polar surface area (TPSA) is 56.0 Å². The van der Waals surface area contributed by atoms with E-state index in [4.69, 9.17) is 5.73 Å². The predicted molar refractivity (Wildman–Crippen MR) is 47.8 cm³/mol. The van der Waals surface area contributed by atoms with Crippen LogP contribution in [0.4, 0.5) is 5.69 Å². The zero-order valence-corrected chi connectivity index (χ0v) is 6.66. The number of pyridine rings is 1. The van der Waals surface area contributed by atoms with Gasteiger partial charge in [0.05, 0.1) is 5.69 Å². The molecule has 1 aromatic heterocycles. The van der Waals surface area contributed by atoms with E-state index in [9.17, 15) is 4.79 Å². The van der Waals surface area contributed by atoms with E-state index in [0.29, 0.717) is 11.4 Å². The molecule has 0 aliphatic rings. The van der Waals surface area contributed by atoms with Crippen molar-refractivity contribution in [2.24, 2.45) is 0 Å². The molecule has 0 saturated heterocycles. The summed E-state index contributed by atoms with van der Waals surface area (Å²) < 4.78 is 0. The summed E-state index contributed by atoms with van der Waals surface area (Å²) in [5.41, 5.74) is 6.29. The summed E-state index contributed by atoms with van der Waals surface area (Å²) in [7, 11) is 0. The van der Waals surface area contributed by atoms with Gasteiger partial charge in [0.15, 0.2) is 5.78 Å². The molecule has 0 bridgehead atoms. The summed E-state index contributed by atoms with van der Waals surface area (Å²) in [4.78, 5) is 15.1. The van der Waals surface area contributed by atoms with Crippen molar-refractivity contribution in [3.8, 4) is 0 Å². The molecule has 2 N–H and O–H groups in total. The summed E-state index contributed by atoms with van der Waals surface area (Å²) in [5, 5.41) is 0. The van der Waals surface area contributed by atoms with E-state index in [1.807, 2.05) is 0 Å². The number of nitrogens with zero attached hydrogens (tertiary/aromatic N) is 1. The van der Waals surface area contributed by atoms with Crippen LogP contribution in [-0.2, 0) is 0 Å². The van der Waals surface area contributed by atoms with Gasteiger partial charge in [-0.3, -0.25) is 9.78 Å². The van der Waals surface area contributed by atoms with Crippen molar-refractivity contribution >= 4 is 11.5 Å². The monoisotopic (exact) mass is 162 g/mol. The number of anilines is 1. The molecule has 12 heavy (non-hydrogen) atoms. The maximum absolute atomic E-state index is 11.3. The van der Waals surface area contributed by atoms with E-state index in [1.54, 1.807) is 18.3 Å². The van der Waals surface area contributed by atoms with E-state index in [1.165, 1.54) is 6.08 Å². The van der Waals surface area contributed by atoms with Crippen molar-refractivity contribution in [3.63, 3.8) is 0 Å². The first-order valence-electron chi connectivity index (χ1n) is 3.60. The Balaban J connectivity index is 2.94. The predicted octanol–water partition coefficient (Wildman–Crippen LogP) is 1.42. The summed E-state index contributed by atoms with van der Waals surface area (Å²) in [6.07, 6.45) is 3.37. The molecule has 0 aliphatic carbocycles. The van der Waals surface area contributed by atoms with Crippen LogP contribution < -0.4 is 5.73 Å². The quantitative estimate of drug-likeness (QED) is 0.540. The number of nitrogens with two attached hydrogens (primary N) is 1. The van der Waals surface area contributed by atoms with E-state index >= 15 is 0 Å². The largest absolute Gasteiger partial charge is 0.397 e. The highest BCUT2D eigenvalue weighted by molar-refractivity contribution is 5.99. The molecule has 1 heterocycles. The van der Waals surface area contributed by atoms with Crippen LogP contribution in [0.15, 0.2) is 31.0 Å². The van der Waals surface area contributed by atoms with Crippen molar-refractivity contribution in [2.45, 2.75) is 6.42 Å². The standard InChI is InChI=1S/C9H10N2O/c1-2-4-8(12)9-7(10)5-3-6-11-9/h2-3,5-6H,1,4,10H2. The van der Waals surface area contributed by atoms with Gasteiger partial charge in [0, 0.05) is 12.6 Å². The molecule has 0 amide bonds. The number of hydrogen-bond acceptors (Lipinski definition) is 3. The van der Waals surface area contributed by atoms with Crippen LogP contribution in [0.5, 0.6) is 0 Å². The van der Waals surface area contributed by atoms with Gasteiger partial charge in [-0.25, -0.2) is 0 Å². The Morgan fingerprint density at radius 1 is 1.75 bits per heavy atom. The second-order valence-corrected chi connectivity index (χ2v) is 2.36. The number of ketones is 1.